The molecule has 0 radical (unpaired) electrons. The van der Waals surface area contributed by atoms with Crippen molar-refractivity contribution >= 4 is 23.6 Å². The van der Waals surface area contributed by atoms with Crippen molar-refractivity contribution in [2.24, 2.45) is 0 Å². The second kappa shape index (κ2) is 11.0. The topological polar surface area (TPSA) is 61.4 Å². The van der Waals surface area contributed by atoms with E-state index in [4.69, 9.17) is 0 Å². The Hall–Kier alpha value is -2.92. The number of likely N-dealkylation sites (N-methyl/N-ethyl adjacent to an activating group) is 1. The van der Waals surface area contributed by atoms with Gasteiger partial charge in [-0.3, -0.25) is 9.59 Å². The SMILES string of the molecule is CCN(CC)CCNC(=O)c1ccc(NC(=O)/C=C/c2ccc(C)cc2)cc1. The molecule has 2 amide bonds. The summed E-state index contributed by atoms with van der Waals surface area (Å²) < 4.78 is 0. The zero-order chi connectivity index (χ0) is 20.4. The molecule has 0 fully saturated rings. The molecule has 0 spiro atoms. The van der Waals surface area contributed by atoms with E-state index in [1.165, 1.54) is 11.6 Å². The van der Waals surface area contributed by atoms with Gasteiger partial charge in [-0.15, -0.1) is 0 Å². The Morgan fingerprint density at radius 1 is 0.964 bits per heavy atom. The molecule has 5 nitrogen and oxygen atoms in total. The summed E-state index contributed by atoms with van der Waals surface area (Å²) in [6.45, 7) is 9.62. The quantitative estimate of drug-likeness (QED) is 0.653. The Balaban J connectivity index is 1.83. The van der Waals surface area contributed by atoms with Crippen LogP contribution in [0.4, 0.5) is 5.69 Å². The van der Waals surface area contributed by atoms with Crippen molar-refractivity contribution in [1.82, 2.24) is 10.2 Å². The Bertz CT molecular complexity index is 792. The second-order valence-corrected chi connectivity index (χ2v) is 6.59. The summed E-state index contributed by atoms with van der Waals surface area (Å²) in [5.74, 6) is -0.318. The van der Waals surface area contributed by atoms with Gasteiger partial charge in [-0.25, -0.2) is 0 Å². The largest absolute Gasteiger partial charge is 0.351 e. The van der Waals surface area contributed by atoms with Gasteiger partial charge in [0, 0.05) is 30.4 Å². The lowest BCUT2D eigenvalue weighted by Crippen LogP contribution is -2.34. The molecule has 0 heterocycles. The van der Waals surface area contributed by atoms with E-state index in [9.17, 15) is 9.59 Å². The number of rotatable bonds is 9. The molecular weight excluding hydrogens is 350 g/mol. The van der Waals surface area contributed by atoms with Gasteiger partial charge in [0.15, 0.2) is 0 Å². The van der Waals surface area contributed by atoms with Crippen LogP contribution in [0, 0.1) is 6.92 Å². The highest BCUT2D eigenvalue weighted by Crippen LogP contribution is 2.10. The van der Waals surface area contributed by atoms with Crippen LogP contribution >= 0.6 is 0 Å². The van der Waals surface area contributed by atoms with Gasteiger partial charge in [-0.1, -0.05) is 43.7 Å². The highest BCUT2D eigenvalue weighted by Gasteiger charge is 2.06. The van der Waals surface area contributed by atoms with Crippen LogP contribution in [-0.4, -0.2) is 42.9 Å². The summed E-state index contributed by atoms with van der Waals surface area (Å²) in [5.41, 5.74) is 3.38. The predicted molar refractivity (Wildman–Crippen MR) is 115 cm³/mol. The van der Waals surface area contributed by atoms with Crippen LogP contribution in [0.3, 0.4) is 0 Å². The lowest BCUT2D eigenvalue weighted by Gasteiger charge is -2.17. The van der Waals surface area contributed by atoms with E-state index < -0.39 is 0 Å². The van der Waals surface area contributed by atoms with Crippen LogP contribution in [-0.2, 0) is 4.79 Å². The lowest BCUT2D eigenvalue weighted by molar-refractivity contribution is -0.111. The summed E-state index contributed by atoms with van der Waals surface area (Å²) >= 11 is 0. The van der Waals surface area contributed by atoms with E-state index in [2.05, 4.69) is 29.4 Å². The summed E-state index contributed by atoms with van der Waals surface area (Å²) in [4.78, 5) is 26.5. The van der Waals surface area contributed by atoms with E-state index >= 15 is 0 Å². The molecule has 5 heteroatoms. The Morgan fingerprint density at radius 3 is 2.21 bits per heavy atom. The van der Waals surface area contributed by atoms with Crippen molar-refractivity contribution in [2.45, 2.75) is 20.8 Å². The third-order valence-electron chi connectivity index (χ3n) is 4.53. The minimum atomic E-state index is -0.211. The van der Waals surface area contributed by atoms with E-state index in [1.54, 1.807) is 30.3 Å². The zero-order valence-electron chi connectivity index (χ0n) is 16.9. The molecule has 2 aromatic carbocycles. The van der Waals surface area contributed by atoms with Crippen LogP contribution in [0.2, 0.25) is 0 Å². The monoisotopic (exact) mass is 379 g/mol. The Morgan fingerprint density at radius 2 is 1.61 bits per heavy atom. The smallest absolute Gasteiger partial charge is 0.251 e. The minimum Gasteiger partial charge on any atom is -0.351 e. The van der Waals surface area contributed by atoms with Gasteiger partial charge in [0.25, 0.3) is 5.91 Å². The van der Waals surface area contributed by atoms with Crippen LogP contribution in [0.5, 0.6) is 0 Å². The van der Waals surface area contributed by atoms with E-state index in [1.807, 2.05) is 31.2 Å². The number of nitrogens with one attached hydrogen (secondary N) is 2. The number of benzene rings is 2. The van der Waals surface area contributed by atoms with Crippen molar-refractivity contribution in [3.05, 3.63) is 71.3 Å². The molecule has 0 saturated carbocycles. The van der Waals surface area contributed by atoms with Crippen molar-refractivity contribution in [1.29, 1.82) is 0 Å². The zero-order valence-corrected chi connectivity index (χ0v) is 16.9. The third-order valence-corrected chi connectivity index (χ3v) is 4.53. The maximum absolute atomic E-state index is 12.2. The van der Waals surface area contributed by atoms with Gasteiger partial charge in [0.05, 0.1) is 0 Å². The van der Waals surface area contributed by atoms with Gasteiger partial charge < -0.3 is 15.5 Å². The fourth-order valence-corrected chi connectivity index (χ4v) is 2.71. The molecule has 0 aromatic heterocycles. The van der Waals surface area contributed by atoms with E-state index in [0.717, 1.165) is 25.2 Å². The summed E-state index contributed by atoms with van der Waals surface area (Å²) in [6, 6.07) is 14.8. The summed E-state index contributed by atoms with van der Waals surface area (Å²) in [6.07, 6.45) is 3.27. The molecular formula is C23H29N3O2. The number of aryl methyl sites for hydroxylation is 1. The number of hydrogen-bond donors (Lipinski definition) is 2. The minimum absolute atomic E-state index is 0.107. The number of carbonyl (C=O) groups is 2. The van der Waals surface area contributed by atoms with Crippen LogP contribution in [0.25, 0.3) is 6.08 Å². The van der Waals surface area contributed by atoms with Crippen LogP contribution in [0.1, 0.15) is 35.3 Å². The fraction of sp³-hybridized carbons (Fsp3) is 0.304. The fourth-order valence-electron chi connectivity index (χ4n) is 2.71. The van der Waals surface area contributed by atoms with Gasteiger partial charge in [-0.2, -0.15) is 0 Å². The molecule has 0 atom stereocenters. The summed E-state index contributed by atoms with van der Waals surface area (Å²) in [5, 5.41) is 5.72. The van der Waals surface area contributed by atoms with Crippen molar-refractivity contribution in [3.8, 4) is 0 Å². The summed E-state index contributed by atoms with van der Waals surface area (Å²) in [7, 11) is 0. The first kappa shape index (κ1) is 21.4. The number of nitrogens with zero attached hydrogens (tertiary/aromatic N) is 1. The normalized spacial score (nSPS) is 11.0. The molecule has 2 rings (SSSR count). The number of anilines is 1. The van der Waals surface area contributed by atoms with Gasteiger partial charge in [-0.05, 0) is 55.9 Å². The maximum atomic E-state index is 12.2. The molecule has 0 bridgehead atoms. The Labute approximate surface area is 167 Å². The number of hydrogen-bond acceptors (Lipinski definition) is 3. The van der Waals surface area contributed by atoms with Crippen LogP contribution < -0.4 is 10.6 Å². The standard InChI is InChI=1S/C23H29N3O2/c1-4-26(5-2)17-16-24-23(28)20-11-13-21(14-12-20)25-22(27)15-10-19-8-6-18(3)7-9-19/h6-15H,4-5,16-17H2,1-3H3,(H,24,28)(H,25,27)/b15-10+. The van der Waals surface area contributed by atoms with Gasteiger partial charge >= 0.3 is 0 Å². The molecule has 0 aliphatic carbocycles. The Kier molecular flexibility index (Phi) is 8.43. The molecule has 148 valence electrons. The highest BCUT2D eigenvalue weighted by molar-refractivity contribution is 6.02. The van der Waals surface area contributed by atoms with Crippen molar-refractivity contribution < 1.29 is 9.59 Å². The molecule has 2 aromatic rings. The predicted octanol–water partition coefficient (Wildman–Crippen LogP) is 3.72. The third kappa shape index (κ3) is 7.00. The first-order valence-corrected chi connectivity index (χ1v) is 9.68. The average molecular weight is 380 g/mol. The molecule has 0 aliphatic rings. The van der Waals surface area contributed by atoms with Crippen molar-refractivity contribution in [2.75, 3.05) is 31.5 Å². The highest BCUT2D eigenvalue weighted by atomic mass is 16.2. The molecule has 0 saturated heterocycles. The first-order chi connectivity index (χ1) is 13.5. The number of amides is 2. The molecule has 2 N–H and O–H groups in total. The molecule has 0 aliphatic heterocycles. The second-order valence-electron chi connectivity index (χ2n) is 6.59. The molecule has 0 unspecified atom stereocenters. The van der Waals surface area contributed by atoms with E-state index in [0.29, 0.717) is 17.8 Å². The lowest BCUT2D eigenvalue weighted by atomic mass is 10.1. The van der Waals surface area contributed by atoms with E-state index in [-0.39, 0.29) is 11.8 Å². The average Bonchev–Trinajstić information content (AvgIpc) is 2.71. The van der Waals surface area contributed by atoms with Crippen LogP contribution in [0.15, 0.2) is 54.6 Å². The van der Waals surface area contributed by atoms with Crippen molar-refractivity contribution in [3.63, 3.8) is 0 Å². The maximum Gasteiger partial charge on any atom is 0.251 e. The molecule has 28 heavy (non-hydrogen) atoms. The first-order valence-electron chi connectivity index (χ1n) is 9.68. The van der Waals surface area contributed by atoms with Gasteiger partial charge in [0.1, 0.15) is 0 Å². The number of carbonyl (C=O) groups excluding carboxylic acids is 2. The van der Waals surface area contributed by atoms with Gasteiger partial charge in [0.2, 0.25) is 5.91 Å².